The number of carbonyl (C=O) groups is 1. The lowest BCUT2D eigenvalue weighted by Gasteiger charge is -2.39. The molecule has 0 saturated carbocycles. The molecule has 7 heteroatoms. The third-order valence-corrected chi connectivity index (χ3v) is 4.26. The van der Waals surface area contributed by atoms with E-state index in [1.807, 2.05) is 6.92 Å². The molecular formula is C18H37IN4O2. The molecule has 1 amide bonds. The summed E-state index contributed by atoms with van der Waals surface area (Å²) < 4.78 is 6.03. The van der Waals surface area contributed by atoms with Gasteiger partial charge in [-0.1, -0.05) is 20.8 Å². The molecule has 2 atom stereocenters. The first-order valence-electron chi connectivity index (χ1n) is 9.09. The zero-order valence-corrected chi connectivity index (χ0v) is 19.1. The number of amides is 1. The van der Waals surface area contributed by atoms with Crippen LogP contribution in [0.25, 0.3) is 0 Å². The number of hydrogen-bond donors (Lipinski definition) is 2. The average Bonchev–Trinajstić information content (AvgIpc) is 2.51. The molecule has 0 bridgehead atoms. The SMILES string of the molecule is CCNC(=NCC1CCCOC1C(C)(C)C)NCCC(=O)N(C)C.I. The lowest BCUT2D eigenvalue weighted by Crippen LogP contribution is -2.43. The molecule has 1 aliphatic heterocycles. The monoisotopic (exact) mass is 468 g/mol. The minimum Gasteiger partial charge on any atom is -0.377 e. The first kappa shape index (κ1) is 24.4. The molecule has 0 radical (unpaired) electrons. The van der Waals surface area contributed by atoms with Crippen LogP contribution in [0.1, 0.15) is 47.0 Å². The number of halogens is 1. The number of aliphatic imine (C=N–C) groups is 1. The first-order chi connectivity index (χ1) is 11.3. The van der Waals surface area contributed by atoms with Crippen LogP contribution in [0.5, 0.6) is 0 Å². The molecule has 148 valence electrons. The van der Waals surface area contributed by atoms with Gasteiger partial charge in [0.15, 0.2) is 5.96 Å². The quantitative estimate of drug-likeness (QED) is 0.357. The first-order valence-corrected chi connectivity index (χ1v) is 9.09. The Hall–Kier alpha value is -0.570. The second-order valence-electron chi connectivity index (χ2n) is 7.74. The van der Waals surface area contributed by atoms with Crippen molar-refractivity contribution in [1.82, 2.24) is 15.5 Å². The highest BCUT2D eigenvalue weighted by atomic mass is 127. The molecule has 0 aromatic heterocycles. The van der Waals surface area contributed by atoms with Crippen LogP contribution in [0.15, 0.2) is 4.99 Å². The number of rotatable bonds is 6. The summed E-state index contributed by atoms with van der Waals surface area (Å²) >= 11 is 0. The maximum Gasteiger partial charge on any atom is 0.223 e. The Labute approximate surface area is 170 Å². The molecule has 1 heterocycles. The van der Waals surface area contributed by atoms with E-state index < -0.39 is 0 Å². The van der Waals surface area contributed by atoms with Gasteiger partial charge >= 0.3 is 0 Å². The number of nitrogens with zero attached hydrogens (tertiary/aromatic N) is 2. The summed E-state index contributed by atoms with van der Waals surface area (Å²) in [5, 5.41) is 6.50. The van der Waals surface area contributed by atoms with E-state index >= 15 is 0 Å². The maximum atomic E-state index is 11.6. The number of nitrogens with one attached hydrogen (secondary N) is 2. The third kappa shape index (κ3) is 9.08. The Morgan fingerprint density at radius 1 is 1.28 bits per heavy atom. The van der Waals surface area contributed by atoms with Crippen molar-refractivity contribution in [3.05, 3.63) is 0 Å². The zero-order chi connectivity index (χ0) is 18.2. The van der Waals surface area contributed by atoms with Crippen molar-refractivity contribution in [3.8, 4) is 0 Å². The van der Waals surface area contributed by atoms with E-state index in [9.17, 15) is 4.79 Å². The normalized spacial score (nSPS) is 21.3. The Kier molecular flexibility index (Phi) is 11.7. The van der Waals surface area contributed by atoms with E-state index in [4.69, 9.17) is 9.73 Å². The highest BCUT2D eigenvalue weighted by molar-refractivity contribution is 14.0. The van der Waals surface area contributed by atoms with Crippen molar-refractivity contribution in [3.63, 3.8) is 0 Å². The van der Waals surface area contributed by atoms with Gasteiger partial charge in [0.1, 0.15) is 0 Å². The van der Waals surface area contributed by atoms with Gasteiger partial charge in [-0.3, -0.25) is 9.79 Å². The minimum absolute atomic E-state index is 0. The predicted molar refractivity (Wildman–Crippen MR) is 115 cm³/mol. The molecule has 2 N–H and O–H groups in total. The zero-order valence-electron chi connectivity index (χ0n) is 16.7. The molecule has 1 saturated heterocycles. The molecule has 1 rings (SSSR count). The summed E-state index contributed by atoms with van der Waals surface area (Å²) in [6.45, 7) is 11.7. The second kappa shape index (κ2) is 11.9. The molecule has 0 aliphatic carbocycles. The van der Waals surface area contributed by atoms with Gasteiger partial charge in [0.05, 0.1) is 6.10 Å². The van der Waals surface area contributed by atoms with Crippen LogP contribution in [0, 0.1) is 11.3 Å². The van der Waals surface area contributed by atoms with Crippen LogP contribution < -0.4 is 10.6 Å². The molecule has 2 unspecified atom stereocenters. The summed E-state index contributed by atoms with van der Waals surface area (Å²) in [7, 11) is 3.55. The Bertz CT molecular complexity index is 422. The molecule has 1 fully saturated rings. The van der Waals surface area contributed by atoms with Crippen LogP contribution >= 0.6 is 24.0 Å². The summed E-state index contributed by atoms with van der Waals surface area (Å²) in [5.74, 6) is 1.34. The molecule has 6 nitrogen and oxygen atoms in total. The summed E-state index contributed by atoms with van der Waals surface area (Å²) in [6, 6.07) is 0. The topological polar surface area (TPSA) is 66.0 Å². The highest BCUT2D eigenvalue weighted by Gasteiger charge is 2.35. The summed E-state index contributed by atoms with van der Waals surface area (Å²) in [5.41, 5.74) is 0.129. The predicted octanol–water partition coefficient (Wildman–Crippen LogP) is 2.48. The van der Waals surface area contributed by atoms with E-state index in [1.54, 1.807) is 19.0 Å². The minimum atomic E-state index is 0. The lowest BCUT2D eigenvalue weighted by atomic mass is 9.78. The Balaban J connectivity index is 0.00000576. The van der Waals surface area contributed by atoms with Crippen molar-refractivity contribution in [2.75, 3.05) is 40.3 Å². The van der Waals surface area contributed by atoms with Crippen molar-refractivity contribution >= 4 is 35.8 Å². The maximum absolute atomic E-state index is 11.6. The van der Waals surface area contributed by atoms with Gasteiger partial charge in [-0.05, 0) is 25.2 Å². The molecule has 0 spiro atoms. The van der Waals surface area contributed by atoms with Crippen LogP contribution in [0.3, 0.4) is 0 Å². The van der Waals surface area contributed by atoms with E-state index in [-0.39, 0.29) is 41.4 Å². The second-order valence-corrected chi connectivity index (χ2v) is 7.74. The number of carbonyl (C=O) groups excluding carboxylic acids is 1. The van der Waals surface area contributed by atoms with E-state index in [0.717, 1.165) is 38.5 Å². The molecule has 0 aromatic carbocycles. The molecule has 0 aromatic rings. The fraction of sp³-hybridized carbons (Fsp3) is 0.889. The van der Waals surface area contributed by atoms with Gasteiger partial charge in [0.25, 0.3) is 0 Å². The van der Waals surface area contributed by atoms with Gasteiger partial charge < -0.3 is 20.3 Å². The van der Waals surface area contributed by atoms with Crippen LogP contribution in [0.4, 0.5) is 0 Å². The van der Waals surface area contributed by atoms with Crippen LogP contribution in [0.2, 0.25) is 0 Å². The largest absolute Gasteiger partial charge is 0.377 e. The van der Waals surface area contributed by atoms with E-state index in [2.05, 4.69) is 31.4 Å². The average molecular weight is 468 g/mol. The van der Waals surface area contributed by atoms with Crippen molar-refractivity contribution < 1.29 is 9.53 Å². The van der Waals surface area contributed by atoms with E-state index in [1.165, 1.54) is 0 Å². The third-order valence-electron chi connectivity index (χ3n) is 4.26. The summed E-state index contributed by atoms with van der Waals surface area (Å²) in [4.78, 5) is 18.0. The molecule has 25 heavy (non-hydrogen) atoms. The van der Waals surface area contributed by atoms with Gasteiger partial charge in [-0.25, -0.2) is 0 Å². The van der Waals surface area contributed by atoms with Crippen molar-refractivity contribution in [2.45, 2.75) is 53.1 Å². The number of hydrogen-bond acceptors (Lipinski definition) is 3. The number of guanidine groups is 1. The Morgan fingerprint density at radius 3 is 2.52 bits per heavy atom. The fourth-order valence-electron chi connectivity index (χ4n) is 3.05. The van der Waals surface area contributed by atoms with Crippen LogP contribution in [-0.4, -0.2) is 63.2 Å². The standard InChI is InChI=1S/C18H36N4O2.HI/c1-7-19-17(20-11-10-15(23)22(5)6)21-13-14-9-8-12-24-16(14)18(2,3)4;/h14,16H,7-13H2,1-6H3,(H2,19,20,21);1H. The smallest absolute Gasteiger partial charge is 0.223 e. The fourth-order valence-corrected chi connectivity index (χ4v) is 3.05. The molecular weight excluding hydrogens is 431 g/mol. The van der Waals surface area contributed by atoms with Crippen LogP contribution in [-0.2, 0) is 9.53 Å². The molecule has 1 aliphatic rings. The van der Waals surface area contributed by atoms with Crippen molar-refractivity contribution in [1.29, 1.82) is 0 Å². The van der Waals surface area contributed by atoms with Crippen molar-refractivity contribution in [2.24, 2.45) is 16.3 Å². The van der Waals surface area contributed by atoms with Gasteiger partial charge in [-0.2, -0.15) is 0 Å². The number of ether oxygens (including phenoxy) is 1. The van der Waals surface area contributed by atoms with Gasteiger partial charge in [0, 0.05) is 52.7 Å². The Morgan fingerprint density at radius 2 is 1.96 bits per heavy atom. The van der Waals surface area contributed by atoms with Gasteiger partial charge in [0.2, 0.25) is 5.91 Å². The van der Waals surface area contributed by atoms with Gasteiger partial charge in [-0.15, -0.1) is 24.0 Å². The van der Waals surface area contributed by atoms with E-state index in [0.29, 0.717) is 18.9 Å². The summed E-state index contributed by atoms with van der Waals surface area (Å²) in [6.07, 6.45) is 2.97. The highest BCUT2D eigenvalue weighted by Crippen LogP contribution is 2.34. The lowest BCUT2D eigenvalue weighted by molar-refractivity contribution is -0.128.